The summed E-state index contributed by atoms with van der Waals surface area (Å²) in [5, 5.41) is 10.1. The Bertz CT molecular complexity index is 455. The van der Waals surface area contributed by atoms with E-state index in [4.69, 9.17) is 0 Å². The molecular weight excluding hydrogens is 256 g/mol. The van der Waals surface area contributed by atoms with Crippen LogP contribution in [-0.4, -0.2) is 11.2 Å². The minimum Gasteiger partial charge on any atom is -0.393 e. The minimum atomic E-state index is -0.0141. The van der Waals surface area contributed by atoms with Gasteiger partial charge in [0.15, 0.2) is 0 Å². The molecule has 0 bridgehead atoms. The highest BCUT2D eigenvalue weighted by Crippen LogP contribution is 2.67. The van der Waals surface area contributed by atoms with Gasteiger partial charge in [0.25, 0.3) is 0 Å². The summed E-state index contributed by atoms with van der Waals surface area (Å²) in [6.45, 7) is 9.52. The molecule has 0 aliphatic heterocycles. The second-order valence-electron chi connectivity index (χ2n) is 9.18. The molecule has 21 heavy (non-hydrogen) atoms. The summed E-state index contributed by atoms with van der Waals surface area (Å²) in [6, 6.07) is 0. The van der Waals surface area contributed by atoms with Gasteiger partial charge in [0.1, 0.15) is 0 Å². The second kappa shape index (κ2) is 4.60. The maximum atomic E-state index is 10.1. The summed E-state index contributed by atoms with van der Waals surface area (Å²) in [5.41, 5.74) is 2.53. The lowest BCUT2D eigenvalue weighted by atomic mass is 9.45. The van der Waals surface area contributed by atoms with Crippen LogP contribution in [-0.2, 0) is 0 Å². The largest absolute Gasteiger partial charge is 0.393 e. The molecule has 118 valence electrons. The molecule has 0 aromatic heterocycles. The minimum absolute atomic E-state index is 0.0141. The summed E-state index contributed by atoms with van der Waals surface area (Å²) in [6.07, 6.45) is 11.6. The molecule has 1 heteroatoms. The van der Waals surface area contributed by atoms with Crippen molar-refractivity contribution in [3.8, 4) is 0 Å². The monoisotopic (exact) mass is 288 g/mol. The molecule has 1 nitrogen and oxygen atoms in total. The predicted molar refractivity (Wildman–Crippen MR) is 86.9 cm³/mol. The highest BCUT2D eigenvalue weighted by molar-refractivity contribution is 5.21. The molecule has 0 spiro atoms. The van der Waals surface area contributed by atoms with E-state index in [9.17, 15) is 5.11 Å². The van der Waals surface area contributed by atoms with Crippen LogP contribution in [0.2, 0.25) is 0 Å². The number of hydrogen-bond acceptors (Lipinski definition) is 1. The van der Waals surface area contributed by atoms with Gasteiger partial charge in [0, 0.05) is 0 Å². The third-order valence-corrected chi connectivity index (χ3v) is 8.59. The smallest absolute Gasteiger partial charge is 0.0543 e. The first-order valence-electron chi connectivity index (χ1n) is 9.31. The number of aliphatic hydroxyl groups excluding tert-OH is 1. The molecule has 7 atom stereocenters. The molecular formula is C20H32O. The number of aliphatic hydroxyl groups is 1. The molecule has 0 aromatic carbocycles. The fourth-order valence-corrected chi connectivity index (χ4v) is 7.14. The lowest BCUT2D eigenvalue weighted by Gasteiger charge is -2.60. The van der Waals surface area contributed by atoms with Crippen LogP contribution >= 0.6 is 0 Å². The maximum absolute atomic E-state index is 10.1. The first-order valence-corrected chi connectivity index (χ1v) is 9.31. The van der Waals surface area contributed by atoms with Gasteiger partial charge < -0.3 is 5.11 Å². The Morgan fingerprint density at radius 1 is 1.00 bits per heavy atom. The first-order chi connectivity index (χ1) is 9.95. The van der Waals surface area contributed by atoms with Crippen LogP contribution < -0.4 is 0 Å². The number of rotatable bonds is 0. The Morgan fingerprint density at radius 2 is 1.81 bits per heavy atom. The van der Waals surface area contributed by atoms with Crippen molar-refractivity contribution in [1.82, 2.24) is 0 Å². The molecule has 4 rings (SSSR count). The van der Waals surface area contributed by atoms with Crippen molar-refractivity contribution in [2.75, 3.05) is 0 Å². The van der Waals surface area contributed by atoms with Crippen LogP contribution in [0.3, 0.4) is 0 Å². The summed E-state index contributed by atoms with van der Waals surface area (Å²) in [4.78, 5) is 0. The molecule has 4 saturated carbocycles. The lowest BCUT2D eigenvalue weighted by Crippen LogP contribution is -2.53. The summed E-state index contributed by atoms with van der Waals surface area (Å²) in [7, 11) is 0. The van der Waals surface area contributed by atoms with Crippen molar-refractivity contribution in [2.24, 2.45) is 34.5 Å². The van der Waals surface area contributed by atoms with Crippen LogP contribution in [0.4, 0.5) is 0 Å². The second-order valence-corrected chi connectivity index (χ2v) is 9.18. The standard InChI is InChI=1S/C20H32O/c1-13-4-7-17-16-6-5-14-12-15(21)8-10-20(14,3)18(16)9-11-19(13,17)2/h14-18,21H,1,4-12H2,2-3H3/t14?,15-,16+,17+,18+,19-,20+/m1/s1. The van der Waals surface area contributed by atoms with Crippen LogP contribution in [0.25, 0.3) is 0 Å². The molecule has 0 amide bonds. The summed E-state index contributed by atoms with van der Waals surface area (Å²) >= 11 is 0. The van der Waals surface area contributed by atoms with E-state index in [0.29, 0.717) is 10.8 Å². The van der Waals surface area contributed by atoms with E-state index in [-0.39, 0.29) is 6.10 Å². The highest BCUT2D eigenvalue weighted by atomic mass is 16.3. The van der Waals surface area contributed by atoms with Gasteiger partial charge >= 0.3 is 0 Å². The zero-order valence-corrected chi connectivity index (χ0v) is 13.9. The Morgan fingerprint density at radius 3 is 2.62 bits per heavy atom. The Balaban J connectivity index is 1.64. The van der Waals surface area contributed by atoms with Gasteiger partial charge in [-0.1, -0.05) is 26.0 Å². The average Bonchev–Trinajstić information content (AvgIpc) is 2.76. The SMILES string of the molecule is C=C1CC[C@H]2[C@@H]3CCC4C[C@H](O)CC[C@]4(C)[C@H]3CC[C@]12C. The maximum Gasteiger partial charge on any atom is 0.0543 e. The van der Waals surface area contributed by atoms with Crippen molar-refractivity contribution in [3.63, 3.8) is 0 Å². The average molecular weight is 288 g/mol. The van der Waals surface area contributed by atoms with E-state index in [1.165, 1.54) is 44.9 Å². The van der Waals surface area contributed by atoms with Crippen molar-refractivity contribution in [3.05, 3.63) is 12.2 Å². The van der Waals surface area contributed by atoms with Crippen molar-refractivity contribution < 1.29 is 5.11 Å². The van der Waals surface area contributed by atoms with E-state index in [0.717, 1.165) is 36.5 Å². The normalized spacial score (nSPS) is 56.5. The van der Waals surface area contributed by atoms with Crippen molar-refractivity contribution in [2.45, 2.75) is 77.7 Å². The van der Waals surface area contributed by atoms with Gasteiger partial charge in [0.2, 0.25) is 0 Å². The first kappa shape index (κ1) is 14.3. The Kier molecular flexibility index (Phi) is 3.13. The van der Waals surface area contributed by atoms with Gasteiger partial charge in [-0.3, -0.25) is 0 Å². The fraction of sp³-hybridized carbons (Fsp3) is 0.900. The highest BCUT2D eigenvalue weighted by Gasteiger charge is 2.58. The Labute approximate surface area is 130 Å². The zero-order chi connectivity index (χ0) is 14.8. The van der Waals surface area contributed by atoms with Gasteiger partial charge in [-0.05, 0) is 92.3 Å². The number of hydrogen-bond donors (Lipinski definition) is 1. The molecule has 0 aromatic rings. The molecule has 0 saturated heterocycles. The third-order valence-electron chi connectivity index (χ3n) is 8.59. The molecule has 0 radical (unpaired) electrons. The van der Waals surface area contributed by atoms with Crippen LogP contribution in [0.1, 0.15) is 71.6 Å². The van der Waals surface area contributed by atoms with E-state index in [1.807, 2.05) is 0 Å². The van der Waals surface area contributed by atoms with Crippen molar-refractivity contribution >= 4 is 0 Å². The van der Waals surface area contributed by atoms with Crippen LogP contribution in [0.5, 0.6) is 0 Å². The summed E-state index contributed by atoms with van der Waals surface area (Å²) < 4.78 is 0. The lowest BCUT2D eigenvalue weighted by molar-refractivity contribution is -0.116. The van der Waals surface area contributed by atoms with Crippen LogP contribution in [0.15, 0.2) is 12.2 Å². The van der Waals surface area contributed by atoms with Gasteiger partial charge in [-0.2, -0.15) is 0 Å². The van der Waals surface area contributed by atoms with E-state index >= 15 is 0 Å². The molecule has 4 aliphatic carbocycles. The molecule has 0 heterocycles. The zero-order valence-electron chi connectivity index (χ0n) is 13.9. The third kappa shape index (κ3) is 1.85. The predicted octanol–water partition coefficient (Wildman–Crippen LogP) is 4.95. The molecule has 4 aliphatic rings. The van der Waals surface area contributed by atoms with Gasteiger partial charge in [-0.15, -0.1) is 0 Å². The fourth-order valence-electron chi connectivity index (χ4n) is 7.14. The molecule has 4 fully saturated rings. The van der Waals surface area contributed by atoms with Gasteiger partial charge in [0.05, 0.1) is 6.10 Å². The van der Waals surface area contributed by atoms with E-state index in [1.54, 1.807) is 5.57 Å². The van der Waals surface area contributed by atoms with Gasteiger partial charge in [-0.25, -0.2) is 0 Å². The summed E-state index contributed by atoms with van der Waals surface area (Å²) in [5.74, 6) is 3.57. The number of allylic oxidation sites excluding steroid dienone is 1. The molecule has 1 N–H and O–H groups in total. The number of fused-ring (bicyclic) bond motifs is 5. The topological polar surface area (TPSA) is 20.2 Å². The van der Waals surface area contributed by atoms with Crippen molar-refractivity contribution in [1.29, 1.82) is 0 Å². The van der Waals surface area contributed by atoms with E-state index in [2.05, 4.69) is 20.4 Å². The molecule has 1 unspecified atom stereocenters. The Hall–Kier alpha value is -0.300. The van der Waals surface area contributed by atoms with E-state index < -0.39 is 0 Å². The van der Waals surface area contributed by atoms with Crippen LogP contribution in [0, 0.1) is 34.5 Å². The quantitative estimate of drug-likeness (QED) is 0.626.